The third kappa shape index (κ3) is 38.6. The third-order valence-electron chi connectivity index (χ3n) is 19.2. The number of aliphatic hydroxyl groups excluding tert-OH is 3. The van der Waals surface area contributed by atoms with Crippen molar-refractivity contribution in [3.05, 3.63) is 65.9 Å². The van der Waals surface area contributed by atoms with Crippen LogP contribution in [0.3, 0.4) is 0 Å². The predicted octanol–water partition coefficient (Wildman–Crippen LogP) is -8.60. The van der Waals surface area contributed by atoms with Crippen molar-refractivity contribution in [1.29, 1.82) is 21.6 Å². The smallest absolute Gasteiger partial charge is 0.322 e. The van der Waals surface area contributed by atoms with Crippen LogP contribution in [0.15, 0.2) is 54.7 Å². The number of aromatic nitrogens is 1. The SMILES string of the molecule is CC[C@H](C)[C@H](NC(=O)[C@H](C)NC(=O)[C@H](Cc1c[nH]c2ccccc12)NC(=O)[C@H](Cc1ccc(O)cc1)NC(=O)[C@H](CCCNC(=N)N)NC(=O)[C@H](CO)NC(=O)[C@H](CCCNC(=N)N)NC(=O)[C@H](CC(C)C)NC(=O)[C@@H](N)CCC(=O)O)C(=O)N[C@@H](CCCNC(=N)N)C(=O)N[C@H](C(=O)N[C@@H](CCCNC(=N)N)C(=O)N[C@@H](CO)C(=O)NCC(=O)O)[C@@H](C)O. The number of carboxylic acid groups (broad SMARTS) is 2. The van der Waals surface area contributed by atoms with Crippen LogP contribution < -0.4 is 119 Å². The number of nitrogens with two attached hydrogens (primary N) is 5. The largest absolute Gasteiger partial charge is 0.508 e. The molecule has 0 fully saturated rings. The van der Waals surface area contributed by atoms with E-state index in [0.717, 1.165) is 6.92 Å². The fourth-order valence-corrected chi connectivity index (χ4v) is 12.2. The van der Waals surface area contributed by atoms with Crippen molar-refractivity contribution in [2.45, 2.75) is 216 Å². The van der Waals surface area contributed by atoms with Gasteiger partial charge in [0, 0.05) is 62.5 Å². The van der Waals surface area contributed by atoms with Crippen LogP contribution in [0.1, 0.15) is 130 Å². The molecule has 48 nitrogen and oxygen atoms in total. The molecule has 1 heterocycles. The number of fused-ring (bicyclic) bond motifs is 1. The first-order valence-electron chi connectivity index (χ1n) is 40.1. The molecule has 688 valence electrons. The molecule has 0 aliphatic rings. The van der Waals surface area contributed by atoms with Crippen molar-refractivity contribution in [2.24, 2.45) is 40.5 Å². The van der Waals surface area contributed by atoms with E-state index in [1.165, 1.54) is 31.2 Å². The highest BCUT2D eigenvalue weighted by molar-refractivity contribution is 6.01. The fourth-order valence-electron chi connectivity index (χ4n) is 12.2. The minimum atomic E-state index is -1.91. The van der Waals surface area contributed by atoms with E-state index in [-0.39, 0.29) is 121 Å². The minimum absolute atomic E-state index is 0.000116. The summed E-state index contributed by atoms with van der Waals surface area (Å²) in [5.41, 5.74) is 29.2. The van der Waals surface area contributed by atoms with Crippen LogP contribution in [0.5, 0.6) is 5.75 Å². The predicted molar refractivity (Wildman–Crippen MR) is 450 cm³/mol. The van der Waals surface area contributed by atoms with Crippen molar-refractivity contribution >= 4 is 123 Å². The molecule has 0 saturated carbocycles. The molecule has 13 amide bonds. The number of aromatic hydroxyl groups is 1. The van der Waals surface area contributed by atoms with Crippen LogP contribution in [0.25, 0.3) is 10.9 Å². The molecule has 3 aromatic rings. The average Bonchev–Trinajstić information content (AvgIpc) is 1.66. The fraction of sp³-hybridized carbons (Fsp3) is 0.566. The highest BCUT2D eigenvalue weighted by Crippen LogP contribution is 2.21. The van der Waals surface area contributed by atoms with Crippen molar-refractivity contribution in [2.75, 3.05) is 45.9 Å². The van der Waals surface area contributed by atoms with Crippen molar-refractivity contribution < 1.29 is 103 Å². The Morgan fingerprint density at radius 3 is 1.23 bits per heavy atom. The van der Waals surface area contributed by atoms with Crippen LogP contribution in [0.4, 0.5) is 0 Å². The standard InChI is InChI=1S/C76H123N27O21/c1-7-38(4)58(71(123)95-50(19-13-29-89-76(84)85)66(118)103-59(40(6)106)72(124)96-49(18-12-28-88-75(82)83)65(117)100-54(35-104)62(114)91-34-57(110)111)102-60(112)39(5)92-67(119)53(32-42-33-90-46-15-9-8-14-44(42)46)99-69(121)52(31-41-20-22-43(107)23-21-41)98-63(115)47(16-10-26-86-73(78)79)94-70(122)55(36-105)101-64(116)48(17-11-27-87-74(80)81)93-68(120)51(30-37(2)3)97-61(113)45(77)24-25-56(108)109/h8-9,14-15,20-23,33,37-40,45,47-55,58-59,90,104-107H,7,10-13,16-19,24-32,34-36,77H2,1-6H3,(H,91,114)(H,92,119)(H,93,120)(H,94,122)(H,95,123)(H,96,124)(H,97,113)(H,98,115)(H,99,121)(H,100,117)(H,101,116)(H,102,112)(H,103,118)(H,108,109)(H,110,111)(H4,78,79,86)(H4,80,81,87)(H4,82,83,88)(H4,84,85,89)/t38-,39-,40+,45-,47-,48-,49-,50-,51-,52-,53-,54-,55-,58-,59-/m0/s1. The topological polar surface area (TPSA) is 823 Å². The molecule has 0 spiro atoms. The number of hydrogen-bond acceptors (Lipinski definition) is 24. The summed E-state index contributed by atoms with van der Waals surface area (Å²) in [6.45, 7) is 5.88. The van der Waals surface area contributed by atoms with Gasteiger partial charge in [0.05, 0.1) is 25.4 Å². The number of carbonyl (C=O) groups excluding carboxylic acids is 13. The Bertz CT molecular complexity index is 4150. The Morgan fingerprint density at radius 2 is 0.798 bits per heavy atom. The normalized spacial score (nSPS) is 14.7. The summed E-state index contributed by atoms with van der Waals surface area (Å²) in [5.74, 6) is -19.3. The Morgan fingerprint density at radius 1 is 0.419 bits per heavy atom. The summed E-state index contributed by atoms with van der Waals surface area (Å²) in [4.78, 5) is 211. The number of carbonyl (C=O) groups is 15. The van der Waals surface area contributed by atoms with E-state index >= 15 is 9.59 Å². The summed E-state index contributed by atoms with van der Waals surface area (Å²) in [7, 11) is 0. The lowest BCUT2D eigenvalue weighted by Gasteiger charge is -2.30. The quantitative estimate of drug-likeness (QED) is 0.0142. The zero-order chi connectivity index (χ0) is 93.0. The molecule has 0 unspecified atom stereocenters. The van der Waals surface area contributed by atoms with Crippen molar-refractivity contribution in [3.8, 4) is 5.75 Å². The first-order valence-corrected chi connectivity index (χ1v) is 40.1. The van der Waals surface area contributed by atoms with Gasteiger partial charge in [-0.2, -0.15) is 0 Å². The molecule has 2 aromatic carbocycles. The Hall–Kier alpha value is -13.2. The molecule has 0 aliphatic heterocycles. The van der Waals surface area contributed by atoms with Gasteiger partial charge >= 0.3 is 11.9 Å². The van der Waals surface area contributed by atoms with Gasteiger partial charge in [-0.1, -0.05) is 64.4 Å². The molecule has 38 N–H and O–H groups in total. The van der Waals surface area contributed by atoms with E-state index in [9.17, 15) is 82.8 Å². The maximum Gasteiger partial charge on any atom is 0.322 e. The number of rotatable bonds is 57. The zero-order valence-electron chi connectivity index (χ0n) is 70.0. The van der Waals surface area contributed by atoms with Gasteiger partial charge in [-0.15, -0.1) is 0 Å². The molecule has 3 rings (SSSR count). The number of para-hydroxylation sites is 1. The summed E-state index contributed by atoms with van der Waals surface area (Å²) in [6, 6.07) is -8.74. The van der Waals surface area contributed by atoms with Gasteiger partial charge in [-0.05, 0) is 119 Å². The van der Waals surface area contributed by atoms with Gasteiger partial charge in [0.2, 0.25) is 76.8 Å². The molecule has 15 atom stereocenters. The molecule has 0 aliphatic carbocycles. The number of carboxylic acids is 2. The average molecular weight is 1750 g/mol. The molecular formula is C76H123N27O21. The number of aliphatic carboxylic acids is 2. The Balaban J connectivity index is 2.07. The van der Waals surface area contributed by atoms with Gasteiger partial charge in [-0.25, -0.2) is 0 Å². The van der Waals surface area contributed by atoms with Crippen LogP contribution in [0.2, 0.25) is 0 Å². The maximum absolute atomic E-state index is 15.2. The van der Waals surface area contributed by atoms with Crippen molar-refractivity contribution in [1.82, 2.24) is 95.4 Å². The second kappa shape index (κ2) is 54.2. The molecule has 1 aromatic heterocycles. The monoisotopic (exact) mass is 1750 g/mol. The van der Waals surface area contributed by atoms with Crippen LogP contribution in [-0.4, -0.2) is 279 Å². The van der Waals surface area contributed by atoms with Gasteiger partial charge < -0.3 is 155 Å². The second-order valence-electron chi connectivity index (χ2n) is 29.9. The Kier molecular flexibility index (Phi) is 45.9. The number of nitrogens with one attached hydrogen (secondary N) is 22. The molecular weight excluding hydrogens is 1630 g/mol. The maximum atomic E-state index is 15.2. The third-order valence-corrected chi connectivity index (χ3v) is 19.2. The molecule has 0 bridgehead atoms. The van der Waals surface area contributed by atoms with E-state index in [1.54, 1.807) is 58.2 Å². The zero-order valence-corrected chi connectivity index (χ0v) is 70.0. The first kappa shape index (κ1) is 105. The summed E-state index contributed by atoms with van der Waals surface area (Å²) < 4.78 is 0. The molecule has 48 heteroatoms. The highest BCUT2D eigenvalue weighted by Gasteiger charge is 2.39. The second-order valence-corrected chi connectivity index (χ2v) is 29.9. The van der Waals surface area contributed by atoms with Crippen LogP contribution in [0, 0.1) is 33.5 Å². The minimum Gasteiger partial charge on any atom is -0.508 e. The number of phenolic OH excluding ortho intramolecular Hbond substituents is 1. The van der Waals surface area contributed by atoms with Crippen molar-refractivity contribution in [3.63, 3.8) is 0 Å². The van der Waals surface area contributed by atoms with E-state index < -0.39 is 229 Å². The highest BCUT2D eigenvalue weighted by atomic mass is 16.4. The number of hydrogen-bond donors (Lipinski definition) is 33. The summed E-state index contributed by atoms with van der Waals surface area (Å²) in [5, 5.41) is 133. The number of aliphatic hydroxyl groups is 3. The number of guanidine groups is 4. The first-order chi connectivity index (χ1) is 58.5. The number of H-pyrrole nitrogens is 1. The summed E-state index contributed by atoms with van der Waals surface area (Å²) >= 11 is 0. The van der Waals surface area contributed by atoms with Gasteiger partial charge in [0.1, 0.15) is 84.8 Å². The number of benzene rings is 2. The van der Waals surface area contributed by atoms with E-state index in [0.29, 0.717) is 22.0 Å². The number of amides is 13. The Labute approximate surface area is 714 Å². The van der Waals surface area contributed by atoms with Gasteiger partial charge in [-0.3, -0.25) is 93.6 Å². The van der Waals surface area contributed by atoms with E-state index in [2.05, 4.69) is 90.1 Å². The van der Waals surface area contributed by atoms with Crippen LogP contribution >= 0.6 is 0 Å². The summed E-state index contributed by atoms with van der Waals surface area (Å²) in [6.07, 6.45) is -2.45. The lowest BCUT2D eigenvalue weighted by atomic mass is 9.97. The van der Waals surface area contributed by atoms with Crippen LogP contribution in [-0.2, 0) is 84.8 Å². The van der Waals surface area contributed by atoms with Gasteiger partial charge in [0.15, 0.2) is 23.8 Å². The van der Waals surface area contributed by atoms with E-state index in [4.69, 9.17) is 60.5 Å². The molecule has 0 radical (unpaired) electrons. The lowest BCUT2D eigenvalue weighted by Crippen LogP contribution is -2.62. The number of phenols is 1. The molecule has 124 heavy (non-hydrogen) atoms. The van der Waals surface area contributed by atoms with E-state index in [1.807, 2.05) is 5.32 Å². The van der Waals surface area contributed by atoms with Gasteiger partial charge in [0.25, 0.3) is 0 Å². The lowest BCUT2D eigenvalue weighted by molar-refractivity contribution is -0.139. The number of aromatic amines is 1. The molecule has 0 saturated heterocycles.